The van der Waals surface area contributed by atoms with Crippen LogP contribution in [0.1, 0.15) is 36.0 Å². The van der Waals surface area contributed by atoms with E-state index >= 15 is 0 Å². The fourth-order valence-electron chi connectivity index (χ4n) is 0.527. The van der Waals surface area contributed by atoms with Crippen LogP contribution in [-0.2, 0) is 14.3 Å². The van der Waals surface area contributed by atoms with E-state index in [4.69, 9.17) is 5.11 Å². The molecule has 4 nitrogen and oxygen atoms in total. The van der Waals surface area contributed by atoms with Crippen molar-refractivity contribution in [3.63, 3.8) is 0 Å². The van der Waals surface area contributed by atoms with Crippen LogP contribution in [0.5, 0.6) is 0 Å². The molecule has 0 fully saturated rings. The molecule has 0 spiro atoms. The van der Waals surface area contributed by atoms with E-state index in [1.807, 2.05) is 6.92 Å². The van der Waals surface area contributed by atoms with Gasteiger partial charge < -0.3 is 12.7 Å². The van der Waals surface area contributed by atoms with Gasteiger partial charge in [-0.05, 0) is 12.8 Å². The molecule has 0 radical (unpaired) electrons. The minimum atomic E-state index is -0.900. The van der Waals surface area contributed by atoms with Gasteiger partial charge in [-0.25, -0.2) is 9.59 Å². The minimum absolute atomic E-state index is 0. The van der Waals surface area contributed by atoms with Gasteiger partial charge in [0, 0.05) is 11.6 Å². The Bertz CT molecular complexity index is 258. The van der Waals surface area contributed by atoms with Crippen molar-refractivity contribution in [3.05, 3.63) is 24.8 Å². The molecular formula is C12H22CaO4. The molecule has 5 heteroatoms. The Morgan fingerprint density at radius 2 is 1.94 bits per heavy atom. The number of carbonyl (C=O) groups is 2. The Kier molecular flexibility index (Phi) is 20.2. The van der Waals surface area contributed by atoms with Crippen LogP contribution in [0.15, 0.2) is 24.8 Å². The molecule has 0 saturated carbocycles. The molecule has 0 aliphatic heterocycles. The zero-order valence-corrected chi connectivity index (χ0v) is 12.9. The van der Waals surface area contributed by atoms with E-state index in [2.05, 4.69) is 17.9 Å². The van der Waals surface area contributed by atoms with Crippen molar-refractivity contribution in [1.82, 2.24) is 0 Å². The number of carboxylic acids is 1. The fraction of sp³-hybridized carbons (Fsp3) is 0.500. The van der Waals surface area contributed by atoms with E-state index in [0.29, 0.717) is 13.0 Å². The Hall–Kier alpha value is -0.320. The maximum atomic E-state index is 10.3. The van der Waals surface area contributed by atoms with Gasteiger partial charge in [0.15, 0.2) is 0 Å². The van der Waals surface area contributed by atoms with Crippen LogP contribution in [0.3, 0.4) is 0 Å². The SMILES string of the molecule is C=C(CC)C(=O)O.C=CC(=O)OCCCC.[Ca+2].[H-].[H-]. The number of rotatable bonds is 6. The van der Waals surface area contributed by atoms with Gasteiger partial charge in [-0.1, -0.05) is 33.4 Å². The largest absolute Gasteiger partial charge is 2.00 e. The molecule has 17 heavy (non-hydrogen) atoms. The third kappa shape index (κ3) is 18.3. The van der Waals surface area contributed by atoms with Crippen LogP contribution in [0.25, 0.3) is 0 Å². The van der Waals surface area contributed by atoms with Gasteiger partial charge in [0.2, 0.25) is 0 Å². The number of unbranched alkanes of at least 4 members (excludes halogenated alkanes) is 1. The van der Waals surface area contributed by atoms with Crippen LogP contribution < -0.4 is 0 Å². The summed E-state index contributed by atoms with van der Waals surface area (Å²) in [7, 11) is 0. The predicted molar refractivity (Wildman–Crippen MR) is 71.1 cm³/mol. The number of esters is 1. The van der Waals surface area contributed by atoms with E-state index < -0.39 is 5.97 Å². The quantitative estimate of drug-likeness (QED) is 0.348. The average molecular weight is 270 g/mol. The molecule has 0 heterocycles. The molecule has 0 atom stereocenters. The number of carbonyl (C=O) groups excluding carboxylic acids is 1. The number of carboxylic acid groups (broad SMARTS) is 1. The maximum Gasteiger partial charge on any atom is 2.00 e. The first kappa shape index (κ1) is 21.9. The first-order valence-corrected chi connectivity index (χ1v) is 5.19. The zero-order valence-electron chi connectivity index (χ0n) is 12.7. The van der Waals surface area contributed by atoms with Crippen molar-refractivity contribution >= 4 is 49.7 Å². The van der Waals surface area contributed by atoms with Gasteiger partial charge in [-0.3, -0.25) is 0 Å². The summed E-state index contributed by atoms with van der Waals surface area (Å²) in [6.07, 6.45) is 3.68. The summed E-state index contributed by atoms with van der Waals surface area (Å²) in [6, 6.07) is 0. The second-order valence-corrected chi connectivity index (χ2v) is 2.99. The van der Waals surface area contributed by atoms with E-state index in [9.17, 15) is 9.59 Å². The summed E-state index contributed by atoms with van der Waals surface area (Å²) in [6.45, 7) is 10.9. The Labute approximate surface area is 136 Å². The van der Waals surface area contributed by atoms with Crippen molar-refractivity contribution in [1.29, 1.82) is 0 Å². The molecule has 0 aliphatic carbocycles. The van der Waals surface area contributed by atoms with Crippen LogP contribution in [0.2, 0.25) is 0 Å². The van der Waals surface area contributed by atoms with Crippen molar-refractivity contribution in [3.8, 4) is 0 Å². The van der Waals surface area contributed by atoms with Gasteiger partial charge in [0.25, 0.3) is 0 Å². The van der Waals surface area contributed by atoms with Gasteiger partial charge in [0.05, 0.1) is 6.61 Å². The number of aliphatic carboxylic acids is 1. The molecule has 0 aromatic heterocycles. The third-order valence-corrected chi connectivity index (χ3v) is 1.64. The molecule has 0 unspecified atom stereocenters. The molecule has 0 rings (SSSR count). The van der Waals surface area contributed by atoms with Crippen molar-refractivity contribution in [2.24, 2.45) is 0 Å². The smallest absolute Gasteiger partial charge is 1.00 e. The van der Waals surface area contributed by atoms with Crippen LogP contribution in [0, 0.1) is 0 Å². The molecule has 0 aromatic rings. The standard InChI is InChI=1S/C7H12O2.C5H8O2.Ca.2H/c1-3-5-6-9-7(8)4-2;1-3-4(2)5(6)7;;;/h4H,2-3,5-6H2,1H3;2-3H2,1H3,(H,6,7);;;/q;;+2;2*-1. The second kappa shape index (κ2) is 15.7. The van der Waals surface area contributed by atoms with Crippen LogP contribution in [0.4, 0.5) is 0 Å². The molecular weight excluding hydrogens is 248 g/mol. The van der Waals surface area contributed by atoms with E-state index in [0.717, 1.165) is 12.8 Å². The van der Waals surface area contributed by atoms with Crippen molar-refractivity contribution in [2.45, 2.75) is 33.1 Å². The van der Waals surface area contributed by atoms with Crippen molar-refractivity contribution in [2.75, 3.05) is 6.61 Å². The molecule has 0 aromatic carbocycles. The van der Waals surface area contributed by atoms with Gasteiger partial charge in [-0.15, -0.1) is 0 Å². The predicted octanol–water partition coefficient (Wildman–Crippen LogP) is 2.40. The Balaban J connectivity index is -0.0000000607. The number of hydrogen-bond donors (Lipinski definition) is 1. The Morgan fingerprint density at radius 3 is 2.18 bits per heavy atom. The Morgan fingerprint density at radius 1 is 1.41 bits per heavy atom. The minimum Gasteiger partial charge on any atom is -1.00 e. The van der Waals surface area contributed by atoms with Crippen LogP contribution in [-0.4, -0.2) is 61.4 Å². The molecule has 96 valence electrons. The van der Waals surface area contributed by atoms with Gasteiger partial charge in [-0.2, -0.15) is 0 Å². The van der Waals surface area contributed by atoms with Crippen molar-refractivity contribution < 1.29 is 22.3 Å². The number of ether oxygens (including phenoxy) is 1. The fourth-order valence-corrected chi connectivity index (χ4v) is 0.527. The van der Waals surface area contributed by atoms with Gasteiger partial charge >= 0.3 is 49.7 Å². The molecule has 0 bridgehead atoms. The normalized spacial score (nSPS) is 7.88. The summed E-state index contributed by atoms with van der Waals surface area (Å²) in [5.41, 5.74) is 0.264. The van der Waals surface area contributed by atoms with Crippen LogP contribution >= 0.6 is 0 Å². The topological polar surface area (TPSA) is 63.6 Å². The van der Waals surface area contributed by atoms with Gasteiger partial charge in [0.1, 0.15) is 0 Å². The maximum absolute atomic E-state index is 10.3. The summed E-state index contributed by atoms with van der Waals surface area (Å²) in [4.78, 5) is 20.2. The van der Waals surface area contributed by atoms with E-state index in [-0.39, 0.29) is 52.1 Å². The molecule has 0 amide bonds. The third-order valence-electron chi connectivity index (χ3n) is 1.64. The average Bonchev–Trinajstić information content (AvgIpc) is 2.28. The van der Waals surface area contributed by atoms with E-state index in [1.54, 1.807) is 6.92 Å². The summed E-state index contributed by atoms with van der Waals surface area (Å²) < 4.78 is 4.67. The molecule has 0 aliphatic rings. The van der Waals surface area contributed by atoms with E-state index in [1.165, 1.54) is 6.08 Å². The first-order valence-electron chi connectivity index (χ1n) is 5.19. The molecule has 1 N–H and O–H groups in total. The first-order chi connectivity index (χ1) is 7.49. The summed E-state index contributed by atoms with van der Waals surface area (Å²) in [5, 5.41) is 8.08. The summed E-state index contributed by atoms with van der Waals surface area (Å²) >= 11 is 0. The number of hydrogen-bond acceptors (Lipinski definition) is 3. The zero-order chi connectivity index (χ0) is 13.0. The summed E-state index contributed by atoms with van der Waals surface area (Å²) in [5.74, 6) is -1.23. The molecule has 0 saturated heterocycles. The monoisotopic (exact) mass is 270 g/mol. The second-order valence-electron chi connectivity index (χ2n) is 2.99.